The molecule has 7 heteroatoms. The van der Waals surface area contributed by atoms with E-state index in [4.69, 9.17) is 0 Å². The molecule has 0 aliphatic rings. The minimum atomic E-state index is -2.71. The lowest BCUT2D eigenvalue weighted by Crippen LogP contribution is -2.74. The summed E-state index contributed by atoms with van der Waals surface area (Å²) in [6.07, 6.45) is -0.667. The minimum Gasteiger partial charge on any atom is -0.311 e. The van der Waals surface area contributed by atoms with Crippen molar-refractivity contribution < 1.29 is 0 Å². The second kappa shape index (κ2) is 20.0. The number of aromatic nitrogens is 1. The van der Waals surface area contributed by atoms with Gasteiger partial charge >= 0.3 is 0 Å². The quantitative estimate of drug-likeness (QED) is 0.0980. The van der Waals surface area contributed by atoms with E-state index in [1.165, 1.54) is 75.6 Å². The number of rotatable bonds is 10. The summed E-state index contributed by atoms with van der Waals surface area (Å²) in [5.74, 6) is 0. The first-order valence-electron chi connectivity index (χ1n) is 24.1. The molecule has 0 fully saturated rings. The molecule has 0 saturated carbocycles. The van der Waals surface area contributed by atoms with Crippen LogP contribution in [-0.4, -0.2) is 42.2 Å². The monoisotopic (exact) mass is 914 g/mol. The zero-order chi connectivity index (χ0) is 48.2. The number of hydrogen-bond donors (Lipinski definition) is 0. The molecule has 0 spiro atoms. The lowest BCUT2D eigenvalue weighted by molar-refractivity contribution is 1.18. The van der Waals surface area contributed by atoms with Gasteiger partial charge in [-0.15, -0.1) is 0 Å². The van der Waals surface area contributed by atoms with Crippen molar-refractivity contribution in [2.45, 2.75) is 0 Å². The van der Waals surface area contributed by atoms with Gasteiger partial charge in [-0.1, -0.05) is 212 Å². The lowest BCUT2D eigenvalue weighted by atomic mass is 9.08. The number of hydrogen-bond acceptors (Lipinski definition) is 1. The summed E-state index contributed by atoms with van der Waals surface area (Å²) >= 11 is 0. The summed E-state index contributed by atoms with van der Waals surface area (Å²) in [4.78, 5) is 2.40. The Morgan fingerprint density at radius 2 is 0.761 bits per heavy atom. The normalized spacial score (nSPS) is 11.3. The van der Waals surface area contributed by atoms with Crippen molar-refractivity contribution in [3.63, 3.8) is 0 Å². The third-order valence-electron chi connectivity index (χ3n) is 13.5. The molecule has 71 heavy (non-hydrogen) atoms. The van der Waals surface area contributed by atoms with Gasteiger partial charge in [0.15, 0.2) is 8.07 Å². The Kier molecular flexibility index (Phi) is 12.7. The molecule has 1 heterocycles. The highest BCUT2D eigenvalue weighted by atomic mass is 28.3. The summed E-state index contributed by atoms with van der Waals surface area (Å²) in [6, 6.07) is 103. The summed E-state index contributed by atoms with van der Waals surface area (Å²) in [6.45, 7) is 0. The number of para-hydroxylation sites is 2. The van der Waals surface area contributed by atoms with Gasteiger partial charge in [-0.05, 0) is 121 Å². The van der Waals surface area contributed by atoms with Crippen molar-refractivity contribution in [1.82, 2.24) is 4.57 Å². The molecule has 12 aromatic rings. The molecular formula is C64H46B4N2Si. The average molecular weight is 914 g/mol. The summed E-state index contributed by atoms with van der Waals surface area (Å²) in [5, 5.41) is 10.4. The number of fused-ring (bicyclic) bond motifs is 4. The van der Waals surface area contributed by atoms with Crippen LogP contribution in [0.25, 0.3) is 60.5 Å². The molecule has 0 N–H and O–H groups in total. The third kappa shape index (κ3) is 8.75. The molecule has 6 radical (unpaired) electrons. The fourth-order valence-corrected chi connectivity index (χ4v) is 15.2. The van der Waals surface area contributed by atoms with Crippen molar-refractivity contribution in [2.75, 3.05) is 4.90 Å². The van der Waals surface area contributed by atoms with E-state index in [9.17, 15) is 0 Å². The van der Waals surface area contributed by atoms with E-state index in [-0.39, 0.29) is 0 Å². The van der Waals surface area contributed by atoms with Gasteiger partial charge in [-0.3, -0.25) is 0 Å². The Morgan fingerprint density at radius 1 is 0.338 bits per heavy atom. The molecule has 328 valence electrons. The van der Waals surface area contributed by atoms with Gasteiger partial charge in [0.2, 0.25) is 0 Å². The van der Waals surface area contributed by atoms with E-state index in [1.807, 2.05) is 0 Å². The topological polar surface area (TPSA) is 8.17 Å². The van der Waals surface area contributed by atoms with Crippen LogP contribution in [0, 0.1) is 0 Å². The Labute approximate surface area is 422 Å². The first kappa shape index (κ1) is 45.2. The van der Waals surface area contributed by atoms with Crippen LogP contribution in [0.5, 0.6) is 0 Å². The molecule has 1 aromatic heterocycles. The van der Waals surface area contributed by atoms with E-state index < -0.39 is 14.5 Å². The molecule has 12 rings (SSSR count). The highest BCUT2D eigenvalue weighted by Gasteiger charge is 2.41. The van der Waals surface area contributed by atoms with Gasteiger partial charge in [0.05, 0.1) is 11.0 Å². The van der Waals surface area contributed by atoms with Crippen molar-refractivity contribution in [3.8, 4) is 27.9 Å². The Bertz CT molecular complexity index is 3620. The summed E-state index contributed by atoms with van der Waals surface area (Å²) in [7, 11) is 11.3. The zero-order valence-corrected chi connectivity index (χ0v) is 40.3. The molecule has 0 bridgehead atoms. The second-order valence-corrected chi connectivity index (χ2v) is 21.7. The van der Waals surface area contributed by atoms with Crippen LogP contribution >= 0.6 is 0 Å². The van der Waals surface area contributed by atoms with E-state index >= 15 is 0 Å². The third-order valence-corrected chi connectivity index (χ3v) is 18.3. The van der Waals surface area contributed by atoms with Gasteiger partial charge in [0.1, 0.15) is 0 Å². The van der Waals surface area contributed by atoms with E-state index in [2.05, 4.69) is 312 Å². The maximum atomic E-state index is 4.67. The van der Waals surface area contributed by atoms with E-state index in [1.54, 1.807) is 0 Å². The minimum absolute atomic E-state index is 0.667. The SMILES string of the molecule is [B]B([B])[B].c1ccc(-n2c3ccccc3c3c(-c4ccc(N(c5ccc(-c6ccc7ccccc7c6)cc5)c5ccc([Si](c6ccccc6)(c6ccccc6)c6ccccc6)cc5)cc4)cccc32)cc1. The molecule has 0 atom stereocenters. The Morgan fingerprint density at radius 3 is 1.32 bits per heavy atom. The standard InChI is InChI=1S/C64H46N2Si.B4/c1-5-20-52(21-6-1)66-62-30-16-15-28-61(62)64-60(29-17-31-63(64)66)49-36-40-54(41-37-49)65(53-38-34-48(35-39-53)51-33-32-47-18-13-14-19-50(47)46-51)55-42-44-59(45-43-55)67(56-22-7-2-8-23-56,57-24-9-3-10-25-57)58-26-11-4-12-27-58;1-4(2)3/h1-46H;. The van der Waals surface area contributed by atoms with Crippen LogP contribution in [0.15, 0.2) is 279 Å². The Hall–Kier alpha value is -8.24. The van der Waals surface area contributed by atoms with Crippen molar-refractivity contribution in [2.24, 2.45) is 0 Å². The predicted molar refractivity (Wildman–Crippen MR) is 310 cm³/mol. The number of anilines is 3. The van der Waals surface area contributed by atoms with Gasteiger partial charge in [-0.2, -0.15) is 0 Å². The van der Waals surface area contributed by atoms with Crippen LogP contribution in [0.2, 0.25) is 0 Å². The molecule has 0 saturated heterocycles. The van der Waals surface area contributed by atoms with Crippen molar-refractivity contribution in [3.05, 3.63) is 279 Å². The highest BCUT2D eigenvalue weighted by Crippen LogP contribution is 2.41. The van der Waals surface area contributed by atoms with Crippen LogP contribution in [0.1, 0.15) is 0 Å². The van der Waals surface area contributed by atoms with Crippen LogP contribution < -0.4 is 25.6 Å². The molecule has 0 unspecified atom stereocenters. The van der Waals surface area contributed by atoms with Crippen molar-refractivity contribution >= 4 is 108 Å². The summed E-state index contributed by atoms with van der Waals surface area (Å²) in [5.41, 5.74) is 11.6. The van der Waals surface area contributed by atoms with Gasteiger partial charge < -0.3 is 9.47 Å². The molecule has 0 aliphatic carbocycles. The molecule has 0 amide bonds. The second-order valence-electron chi connectivity index (χ2n) is 17.9. The lowest BCUT2D eigenvalue weighted by Gasteiger charge is -2.35. The predicted octanol–water partition coefficient (Wildman–Crippen LogP) is 12.6. The molecular weight excluding hydrogens is 868 g/mol. The first-order valence-corrected chi connectivity index (χ1v) is 26.1. The number of nitrogens with zero attached hydrogens (tertiary/aromatic N) is 2. The van der Waals surface area contributed by atoms with Gasteiger partial charge in [0.25, 0.3) is 0 Å². The molecule has 11 aromatic carbocycles. The maximum Gasteiger partial charge on any atom is 0.179 e. The maximum absolute atomic E-state index is 4.67. The summed E-state index contributed by atoms with van der Waals surface area (Å²) < 4.78 is 2.39. The van der Waals surface area contributed by atoms with Crippen LogP contribution in [0.3, 0.4) is 0 Å². The molecule has 0 aliphatic heterocycles. The van der Waals surface area contributed by atoms with E-state index in [0.717, 1.165) is 22.7 Å². The smallest absolute Gasteiger partial charge is 0.179 e. The Balaban J connectivity index is 0.00000132. The van der Waals surface area contributed by atoms with Crippen molar-refractivity contribution in [1.29, 1.82) is 0 Å². The van der Waals surface area contributed by atoms with Crippen LogP contribution in [0.4, 0.5) is 17.1 Å². The molecule has 2 nitrogen and oxygen atoms in total. The number of benzene rings is 11. The fraction of sp³-hybridized carbons (Fsp3) is 0. The van der Waals surface area contributed by atoms with Gasteiger partial charge in [0, 0.05) is 63.1 Å². The van der Waals surface area contributed by atoms with Gasteiger partial charge in [-0.25, -0.2) is 0 Å². The van der Waals surface area contributed by atoms with E-state index in [0.29, 0.717) is 0 Å². The fourth-order valence-electron chi connectivity index (χ4n) is 10.4. The van der Waals surface area contributed by atoms with Crippen LogP contribution in [-0.2, 0) is 0 Å². The highest BCUT2D eigenvalue weighted by molar-refractivity contribution is 7.49. The largest absolute Gasteiger partial charge is 0.311 e. The average Bonchev–Trinajstić information content (AvgIpc) is 3.78. The first-order chi connectivity index (χ1) is 35.0. The zero-order valence-electron chi connectivity index (χ0n) is 39.3.